The van der Waals surface area contributed by atoms with Crippen molar-refractivity contribution in [3.8, 4) is 0 Å². The highest BCUT2D eigenvalue weighted by molar-refractivity contribution is 14.1. The fraction of sp³-hybridized carbons (Fsp3) is 0.542. The number of nitrogens with zero attached hydrogens (tertiary/aromatic N) is 1. The van der Waals surface area contributed by atoms with Crippen LogP contribution in [-0.2, 0) is 19.1 Å². The van der Waals surface area contributed by atoms with Crippen LogP contribution in [0.15, 0.2) is 28.9 Å². The minimum atomic E-state index is -1.23. The molecule has 0 unspecified atom stereocenters. The van der Waals surface area contributed by atoms with Gasteiger partial charge in [0, 0.05) is 35.8 Å². The van der Waals surface area contributed by atoms with Crippen LogP contribution in [0.25, 0.3) is 0 Å². The Morgan fingerprint density at radius 2 is 1.91 bits per heavy atom. The Hall–Kier alpha value is -1.86. The third kappa shape index (κ3) is 8.64. The fourth-order valence-electron chi connectivity index (χ4n) is 4.10. The zero-order chi connectivity index (χ0) is 26.2. The maximum atomic E-state index is 14.3. The number of allylic oxidation sites excluding steroid dienone is 1. The highest BCUT2D eigenvalue weighted by Crippen LogP contribution is 2.45. The number of esters is 1. The Morgan fingerprint density at radius 3 is 2.49 bits per heavy atom. The predicted molar refractivity (Wildman–Crippen MR) is 144 cm³/mol. The molecule has 1 atom stereocenters. The van der Waals surface area contributed by atoms with Crippen molar-refractivity contribution in [2.24, 2.45) is 16.1 Å². The summed E-state index contributed by atoms with van der Waals surface area (Å²) >= 11 is 1.79. The van der Waals surface area contributed by atoms with Gasteiger partial charge in [0.25, 0.3) is 0 Å². The summed E-state index contributed by atoms with van der Waals surface area (Å²) in [6.07, 6.45) is 2.76. The Morgan fingerprint density at radius 1 is 1.26 bits per heavy atom. The zero-order valence-electron chi connectivity index (χ0n) is 20.7. The van der Waals surface area contributed by atoms with Crippen molar-refractivity contribution in [3.63, 3.8) is 0 Å². The number of hydrogen-bond donors (Lipinski definition) is 2. The number of aliphatic imine (C=N–C) groups is 1. The van der Waals surface area contributed by atoms with Crippen LogP contribution in [0.3, 0.4) is 0 Å². The highest BCUT2D eigenvalue weighted by Gasteiger charge is 2.43. The Bertz CT molecular complexity index is 974. The van der Waals surface area contributed by atoms with Crippen LogP contribution in [0.5, 0.6) is 0 Å². The van der Waals surface area contributed by atoms with Gasteiger partial charge in [-0.25, -0.2) is 8.78 Å². The zero-order valence-corrected chi connectivity index (χ0v) is 23.8. The third-order valence-corrected chi connectivity index (χ3v) is 8.27. The lowest BCUT2D eigenvalue weighted by atomic mass is 9.65. The molecule has 1 amide bonds. The normalized spacial score (nSPS) is 20.8. The summed E-state index contributed by atoms with van der Waals surface area (Å²) in [4.78, 5) is 29.9. The largest absolute Gasteiger partial charge is 0.469 e. The van der Waals surface area contributed by atoms with Crippen molar-refractivity contribution >= 4 is 53.9 Å². The molecule has 0 bridgehead atoms. The van der Waals surface area contributed by atoms with E-state index in [2.05, 4.69) is 30.0 Å². The van der Waals surface area contributed by atoms with Gasteiger partial charge in [-0.3, -0.25) is 14.6 Å². The number of halogens is 3. The van der Waals surface area contributed by atoms with E-state index in [4.69, 9.17) is 15.2 Å². The van der Waals surface area contributed by atoms with Crippen molar-refractivity contribution < 1.29 is 27.8 Å². The van der Waals surface area contributed by atoms with E-state index < -0.39 is 42.7 Å². The van der Waals surface area contributed by atoms with Gasteiger partial charge in [0.15, 0.2) is 11.6 Å². The molecule has 1 aromatic rings. The number of methoxy groups -OCH3 is 1. The van der Waals surface area contributed by atoms with Crippen LogP contribution >= 0.6 is 22.6 Å². The molecular weight excluding hydrogens is 587 g/mol. The number of anilines is 1. The quantitative estimate of drug-likeness (QED) is 0.161. The molecule has 11 heteroatoms. The van der Waals surface area contributed by atoms with E-state index in [0.29, 0.717) is 40.7 Å². The average Bonchev–Trinajstić information content (AvgIpc) is 2.75. The molecule has 1 aliphatic carbocycles. The second-order valence-corrected chi connectivity index (χ2v) is 16.8. The highest BCUT2D eigenvalue weighted by atomic mass is 127. The number of carbonyl (C=O) groups is 2. The van der Waals surface area contributed by atoms with E-state index in [1.54, 1.807) is 22.6 Å². The maximum absolute atomic E-state index is 14.3. The molecule has 1 fully saturated rings. The lowest BCUT2D eigenvalue weighted by Crippen LogP contribution is -2.39. The predicted octanol–water partition coefficient (Wildman–Crippen LogP) is 5.23. The molecule has 0 spiro atoms. The lowest BCUT2D eigenvalue weighted by Gasteiger charge is -2.39. The standard InChI is InChI=1S/C24H34F2IN3O4Si/c1-33-22(32)13-24(12-21(31)30-23-18(25)10-16(27)11-19(23)26)7-5-6-20(17(24)14-28)29-15-34-8-9-35(2,3)4/h10-11,14H,5-9,12-13,15,28H2,1-4H3,(H,30,31)/t24-/m0/s1. The van der Waals surface area contributed by atoms with Crippen LogP contribution in [0.1, 0.15) is 32.1 Å². The monoisotopic (exact) mass is 621 g/mol. The summed E-state index contributed by atoms with van der Waals surface area (Å²) in [6.45, 7) is 7.55. The summed E-state index contributed by atoms with van der Waals surface area (Å²) in [7, 11) is 0.0370. The van der Waals surface area contributed by atoms with Gasteiger partial charge in [-0.05, 0) is 71.8 Å². The molecule has 35 heavy (non-hydrogen) atoms. The van der Waals surface area contributed by atoms with Crippen molar-refractivity contribution in [2.75, 3.05) is 25.8 Å². The van der Waals surface area contributed by atoms with E-state index in [1.165, 1.54) is 13.3 Å². The van der Waals surface area contributed by atoms with Crippen LogP contribution in [0, 0.1) is 20.6 Å². The first-order valence-corrected chi connectivity index (χ1v) is 16.2. The second kappa shape index (κ2) is 12.9. The van der Waals surface area contributed by atoms with Crippen LogP contribution < -0.4 is 11.1 Å². The van der Waals surface area contributed by atoms with E-state index >= 15 is 0 Å². The first-order chi connectivity index (χ1) is 16.4. The molecule has 1 aromatic carbocycles. The Labute approximate surface area is 220 Å². The lowest BCUT2D eigenvalue weighted by molar-refractivity contribution is -0.143. The summed E-state index contributed by atoms with van der Waals surface area (Å²) in [5.74, 6) is -2.90. The van der Waals surface area contributed by atoms with E-state index in [9.17, 15) is 18.4 Å². The second-order valence-electron chi connectivity index (χ2n) is 9.89. The number of hydrogen-bond acceptors (Lipinski definition) is 6. The van der Waals surface area contributed by atoms with Gasteiger partial charge in [0.1, 0.15) is 12.4 Å². The molecule has 0 radical (unpaired) electrons. The van der Waals surface area contributed by atoms with Gasteiger partial charge >= 0.3 is 5.97 Å². The fourth-order valence-corrected chi connectivity index (χ4v) is 5.41. The third-order valence-electron chi connectivity index (χ3n) is 5.94. The molecule has 1 saturated carbocycles. The maximum Gasteiger partial charge on any atom is 0.306 e. The van der Waals surface area contributed by atoms with Crippen LogP contribution in [-0.4, -0.2) is 46.1 Å². The number of amides is 1. The Balaban J connectivity index is 2.26. The number of ether oxygens (including phenoxy) is 2. The molecule has 0 aliphatic heterocycles. The van der Waals surface area contributed by atoms with Crippen molar-refractivity contribution in [2.45, 2.75) is 57.8 Å². The minimum Gasteiger partial charge on any atom is -0.469 e. The number of nitrogens with two attached hydrogens (primary N) is 1. The van der Waals surface area contributed by atoms with Crippen molar-refractivity contribution in [1.82, 2.24) is 0 Å². The first-order valence-electron chi connectivity index (χ1n) is 11.5. The van der Waals surface area contributed by atoms with Gasteiger partial charge in [-0.2, -0.15) is 0 Å². The van der Waals surface area contributed by atoms with Gasteiger partial charge in [-0.15, -0.1) is 0 Å². The van der Waals surface area contributed by atoms with Gasteiger partial charge in [-0.1, -0.05) is 19.6 Å². The molecule has 7 nitrogen and oxygen atoms in total. The van der Waals surface area contributed by atoms with Gasteiger partial charge in [0.05, 0.1) is 13.5 Å². The molecule has 194 valence electrons. The molecule has 0 saturated heterocycles. The number of carbonyl (C=O) groups excluding carboxylic acids is 2. The van der Waals surface area contributed by atoms with Crippen molar-refractivity contribution in [1.29, 1.82) is 0 Å². The summed E-state index contributed by atoms with van der Waals surface area (Å²) in [5.41, 5.74) is 5.66. The molecule has 0 heterocycles. The van der Waals surface area contributed by atoms with Crippen molar-refractivity contribution in [3.05, 3.63) is 39.1 Å². The molecule has 2 rings (SSSR count). The summed E-state index contributed by atoms with van der Waals surface area (Å²) in [5, 5.41) is 2.33. The number of nitrogens with one attached hydrogen (secondary N) is 1. The van der Waals surface area contributed by atoms with Gasteiger partial charge in [0.2, 0.25) is 5.91 Å². The Kier molecular flexibility index (Phi) is 10.8. The number of rotatable bonds is 10. The molecular formula is C24H34F2IN3O4Si. The first kappa shape index (κ1) is 29.4. The van der Waals surface area contributed by atoms with Crippen LogP contribution in [0.2, 0.25) is 25.7 Å². The van der Waals surface area contributed by atoms with E-state index in [0.717, 1.165) is 18.2 Å². The summed E-state index contributed by atoms with van der Waals surface area (Å²) < 4.78 is 39.5. The minimum absolute atomic E-state index is 0.118. The SMILES string of the molecule is COC(=O)C[C@@]1(CC(=O)Nc2c(F)cc(I)cc2F)CCCC(=NCOCC[Si](C)(C)C)C1=CN. The number of benzene rings is 1. The van der Waals surface area contributed by atoms with Crippen LogP contribution in [0.4, 0.5) is 14.5 Å². The smallest absolute Gasteiger partial charge is 0.306 e. The topological polar surface area (TPSA) is 103 Å². The van der Waals surface area contributed by atoms with Gasteiger partial charge < -0.3 is 20.5 Å². The summed E-state index contributed by atoms with van der Waals surface area (Å²) in [6, 6.07) is 3.26. The average molecular weight is 622 g/mol. The molecule has 3 N–H and O–H groups in total. The van der Waals surface area contributed by atoms with E-state index in [1.807, 2.05) is 0 Å². The van der Waals surface area contributed by atoms with E-state index in [-0.39, 0.29) is 19.6 Å². The molecule has 0 aromatic heterocycles. The molecule has 1 aliphatic rings.